The number of nitrogens with zero attached hydrogens (tertiary/aromatic N) is 1. The molecule has 0 fully saturated rings. The first-order valence-corrected chi connectivity index (χ1v) is 9.41. The first-order valence-electron chi connectivity index (χ1n) is 8.62. The standard InChI is InChI=1S/C20H22BrN3O3/c1-3-12-27-16-10-8-15(9-11-16)13-22-24-20(26)14(2)19(25)23-18-7-5-4-6-17(18)21/h4-11,13-14H,3,12H2,1-2H3,(H,23,25)(H,24,26). The number of nitrogens with one attached hydrogen (secondary N) is 2. The number of carbonyl (C=O) groups excluding carboxylic acids is 2. The second kappa shape index (κ2) is 10.5. The Hall–Kier alpha value is -2.67. The van der Waals surface area contributed by atoms with E-state index in [1.807, 2.05) is 43.3 Å². The van der Waals surface area contributed by atoms with E-state index in [0.29, 0.717) is 12.3 Å². The van der Waals surface area contributed by atoms with Crippen molar-refractivity contribution in [1.29, 1.82) is 0 Å². The van der Waals surface area contributed by atoms with Crippen LogP contribution in [0.2, 0.25) is 0 Å². The van der Waals surface area contributed by atoms with Gasteiger partial charge in [0.25, 0.3) is 5.91 Å². The second-order valence-electron chi connectivity index (χ2n) is 5.84. The third kappa shape index (κ3) is 6.53. The maximum atomic E-state index is 12.2. The van der Waals surface area contributed by atoms with Gasteiger partial charge in [-0.1, -0.05) is 19.1 Å². The van der Waals surface area contributed by atoms with Crippen molar-refractivity contribution in [1.82, 2.24) is 5.43 Å². The molecule has 0 aliphatic carbocycles. The molecule has 0 heterocycles. The van der Waals surface area contributed by atoms with E-state index in [9.17, 15) is 9.59 Å². The Morgan fingerprint density at radius 2 is 1.85 bits per heavy atom. The molecule has 142 valence electrons. The van der Waals surface area contributed by atoms with Gasteiger partial charge in [0.15, 0.2) is 0 Å². The van der Waals surface area contributed by atoms with Gasteiger partial charge in [-0.25, -0.2) is 5.43 Å². The van der Waals surface area contributed by atoms with Gasteiger partial charge in [-0.3, -0.25) is 9.59 Å². The lowest BCUT2D eigenvalue weighted by molar-refractivity contribution is -0.131. The van der Waals surface area contributed by atoms with Crippen LogP contribution in [-0.4, -0.2) is 24.6 Å². The van der Waals surface area contributed by atoms with Crippen molar-refractivity contribution in [2.24, 2.45) is 11.0 Å². The molecular formula is C20H22BrN3O3. The molecule has 7 heteroatoms. The van der Waals surface area contributed by atoms with Gasteiger partial charge >= 0.3 is 0 Å². The average molecular weight is 432 g/mol. The van der Waals surface area contributed by atoms with Gasteiger partial charge < -0.3 is 10.1 Å². The van der Waals surface area contributed by atoms with Gasteiger partial charge in [0.05, 0.1) is 18.5 Å². The molecule has 0 bridgehead atoms. The number of amides is 2. The number of hydrogen-bond acceptors (Lipinski definition) is 4. The van der Waals surface area contributed by atoms with Crippen LogP contribution in [0.1, 0.15) is 25.8 Å². The third-order valence-corrected chi connectivity index (χ3v) is 4.35. The summed E-state index contributed by atoms with van der Waals surface area (Å²) in [4.78, 5) is 24.3. The molecule has 1 atom stereocenters. The molecule has 2 rings (SSSR count). The van der Waals surface area contributed by atoms with Crippen molar-refractivity contribution in [3.8, 4) is 5.75 Å². The number of benzene rings is 2. The molecule has 1 unspecified atom stereocenters. The van der Waals surface area contributed by atoms with Crippen LogP contribution in [0.5, 0.6) is 5.75 Å². The second-order valence-corrected chi connectivity index (χ2v) is 6.70. The van der Waals surface area contributed by atoms with E-state index in [2.05, 4.69) is 31.8 Å². The molecule has 0 radical (unpaired) electrons. The number of hydrogen-bond donors (Lipinski definition) is 2. The molecule has 6 nitrogen and oxygen atoms in total. The van der Waals surface area contributed by atoms with Gasteiger partial charge in [-0.15, -0.1) is 0 Å². The largest absolute Gasteiger partial charge is 0.494 e. The number of carbonyl (C=O) groups is 2. The minimum atomic E-state index is -0.890. The van der Waals surface area contributed by atoms with E-state index in [0.717, 1.165) is 22.2 Å². The van der Waals surface area contributed by atoms with Crippen LogP contribution >= 0.6 is 15.9 Å². The monoisotopic (exact) mass is 431 g/mol. The zero-order chi connectivity index (χ0) is 19.6. The summed E-state index contributed by atoms with van der Waals surface area (Å²) in [7, 11) is 0. The lowest BCUT2D eigenvalue weighted by Crippen LogP contribution is -2.34. The molecular weight excluding hydrogens is 410 g/mol. The average Bonchev–Trinajstić information content (AvgIpc) is 2.68. The fourth-order valence-electron chi connectivity index (χ4n) is 2.06. The molecule has 2 aromatic rings. The number of ether oxygens (including phenoxy) is 1. The summed E-state index contributed by atoms with van der Waals surface area (Å²) < 4.78 is 6.25. The summed E-state index contributed by atoms with van der Waals surface area (Å²) in [6.07, 6.45) is 2.46. The number of para-hydroxylation sites is 1. The number of rotatable bonds is 8. The summed E-state index contributed by atoms with van der Waals surface area (Å²) in [5.41, 5.74) is 3.80. The SMILES string of the molecule is CCCOc1ccc(C=NNC(=O)C(C)C(=O)Nc2ccccc2Br)cc1. The van der Waals surface area contributed by atoms with E-state index in [1.165, 1.54) is 13.1 Å². The van der Waals surface area contributed by atoms with Gasteiger partial charge in [-0.05, 0) is 71.2 Å². The van der Waals surface area contributed by atoms with Gasteiger partial charge in [0.1, 0.15) is 11.7 Å². The molecule has 0 saturated carbocycles. The van der Waals surface area contributed by atoms with Crippen molar-refractivity contribution in [2.45, 2.75) is 20.3 Å². The Morgan fingerprint density at radius 3 is 2.52 bits per heavy atom. The van der Waals surface area contributed by atoms with E-state index in [4.69, 9.17) is 4.74 Å². The molecule has 2 N–H and O–H groups in total. The summed E-state index contributed by atoms with van der Waals surface area (Å²) in [6.45, 7) is 4.24. The maximum Gasteiger partial charge on any atom is 0.252 e. The lowest BCUT2D eigenvalue weighted by atomic mass is 10.1. The Labute approximate surface area is 167 Å². The van der Waals surface area contributed by atoms with Crippen LogP contribution in [0, 0.1) is 5.92 Å². The van der Waals surface area contributed by atoms with Crippen LogP contribution in [-0.2, 0) is 9.59 Å². The minimum Gasteiger partial charge on any atom is -0.494 e. The molecule has 0 spiro atoms. The van der Waals surface area contributed by atoms with Crippen molar-refractivity contribution >= 4 is 39.6 Å². The molecule has 0 aliphatic heterocycles. The van der Waals surface area contributed by atoms with Crippen LogP contribution in [0.3, 0.4) is 0 Å². The van der Waals surface area contributed by atoms with E-state index >= 15 is 0 Å². The predicted molar refractivity (Wildman–Crippen MR) is 110 cm³/mol. The van der Waals surface area contributed by atoms with Crippen molar-refractivity contribution < 1.29 is 14.3 Å². The maximum absolute atomic E-state index is 12.2. The minimum absolute atomic E-state index is 0.410. The summed E-state index contributed by atoms with van der Waals surface area (Å²) in [6, 6.07) is 14.6. The summed E-state index contributed by atoms with van der Waals surface area (Å²) >= 11 is 3.35. The molecule has 0 saturated heterocycles. The number of halogens is 1. The zero-order valence-corrected chi connectivity index (χ0v) is 16.8. The normalized spacial score (nSPS) is 11.8. The van der Waals surface area contributed by atoms with Crippen molar-refractivity contribution in [2.75, 3.05) is 11.9 Å². The smallest absolute Gasteiger partial charge is 0.252 e. The fraction of sp³-hybridized carbons (Fsp3) is 0.250. The molecule has 0 aliphatic rings. The van der Waals surface area contributed by atoms with Crippen LogP contribution in [0.15, 0.2) is 58.1 Å². The highest BCUT2D eigenvalue weighted by molar-refractivity contribution is 9.10. The highest BCUT2D eigenvalue weighted by Crippen LogP contribution is 2.21. The van der Waals surface area contributed by atoms with Crippen molar-refractivity contribution in [3.05, 3.63) is 58.6 Å². The highest BCUT2D eigenvalue weighted by atomic mass is 79.9. The molecule has 2 amide bonds. The highest BCUT2D eigenvalue weighted by Gasteiger charge is 2.21. The predicted octanol–water partition coefficient (Wildman–Crippen LogP) is 3.96. The van der Waals surface area contributed by atoms with E-state index in [-0.39, 0.29) is 0 Å². The van der Waals surface area contributed by atoms with Gasteiger partial charge in [-0.2, -0.15) is 5.10 Å². The first kappa shape index (κ1) is 20.6. The third-order valence-electron chi connectivity index (χ3n) is 3.66. The van der Waals surface area contributed by atoms with Crippen LogP contribution in [0.4, 0.5) is 5.69 Å². The Bertz CT molecular complexity index is 806. The van der Waals surface area contributed by atoms with Gasteiger partial charge in [0, 0.05) is 4.47 Å². The van der Waals surface area contributed by atoms with E-state index in [1.54, 1.807) is 12.1 Å². The van der Waals surface area contributed by atoms with Crippen LogP contribution in [0.25, 0.3) is 0 Å². The van der Waals surface area contributed by atoms with Crippen LogP contribution < -0.4 is 15.5 Å². The first-order chi connectivity index (χ1) is 13.0. The fourth-order valence-corrected chi connectivity index (χ4v) is 2.44. The topological polar surface area (TPSA) is 79.8 Å². The van der Waals surface area contributed by atoms with Crippen molar-refractivity contribution in [3.63, 3.8) is 0 Å². The lowest BCUT2D eigenvalue weighted by Gasteiger charge is -2.11. The Kier molecular flexibility index (Phi) is 8.00. The quantitative estimate of drug-likeness (QED) is 0.377. The Morgan fingerprint density at radius 1 is 1.15 bits per heavy atom. The van der Waals surface area contributed by atoms with E-state index < -0.39 is 17.7 Å². The molecule has 0 aromatic heterocycles. The van der Waals surface area contributed by atoms with Gasteiger partial charge in [0.2, 0.25) is 5.91 Å². The molecule has 2 aromatic carbocycles. The zero-order valence-electron chi connectivity index (χ0n) is 15.2. The number of hydrazone groups is 1. The number of anilines is 1. The summed E-state index contributed by atoms with van der Waals surface area (Å²) in [5.74, 6) is -1.000. The Balaban J connectivity index is 1.85. The molecule has 27 heavy (non-hydrogen) atoms. The summed E-state index contributed by atoms with van der Waals surface area (Å²) in [5, 5.41) is 6.62.